The van der Waals surface area contributed by atoms with Gasteiger partial charge in [0.2, 0.25) is 0 Å². The number of thioether (sulfide) groups is 1. The summed E-state index contributed by atoms with van der Waals surface area (Å²) in [5.41, 5.74) is 1.21. The number of esters is 1. The van der Waals surface area contributed by atoms with E-state index in [-0.39, 0.29) is 16.5 Å². The molecule has 0 heterocycles. The van der Waals surface area contributed by atoms with Gasteiger partial charge in [-0.25, -0.2) is 4.79 Å². The maximum absolute atomic E-state index is 12.1. The van der Waals surface area contributed by atoms with E-state index in [0.29, 0.717) is 11.3 Å². The highest BCUT2D eigenvalue weighted by molar-refractivity contribution is 7.98. The van der Waals surface area contributed by atoms with Crippen LogP contribution in [-0.2, 0) is 9.53 Å². The highest BCUT2D eigenvalue weighted by Crippen LogP contribution is 2.23. The number of hydrogen-bond donors (Lipinski definition) is 1. The summed E-state index contributed by atoms with van der Waals surface area (Å²) in [6, 6.07) is 11.5. The molecular weight excluding hydrogens is 388 g/mol. The van der Waals surface area contributed by atoms with Crippen LogP contribution in [0.4, 0.5) is 5.69 Å². The molecule has 0 bridgehead atoms. The van der Waals surface area contributed by atoms with Crippen LogP contribution in [0.15, 0.2) is 47.4 Å². The van der Waals surface area contributed by atoms with Gasteiger partial charge >= 0.3 is 5.97 Å². The second-order valence-corrected chi connectivity index (χ2v) is 7.03. The molecule has 142 valence electrons. The van der Waals surface area contributed by atoms with Gasteiger partial charge in [0.05, 0.1) is 10.6 Å². The van der Waals surface area contributed by atoms with E-state index >= 15 is 0 Å². The molecule has 2 aromatic carbocycles. The normalized spacial score (nSPS) is 10.2. The van der Waals surface area contributed by atoms with Crippen molar-refractivity contribution in [1.29, 1.82) is 0 Å². The van der Waals surface area contributed by atoms with Crippen LogP contribution in [0, 0.1) is 0 Å². The maximum Gasteiger partial charge on any atom is 0.340 e. The number of nitrogens with one attached hydrogen (secondary N) is 1. The van der Waals surface area contributed by atoms with Crippen LogP contribution in [0.2, 0.25) is 5.02 Å². The lowest BCUT2D eigenvalue weighted by atomic mass is 10.2. The molecule has 0 aliphatic carbocycles. The van der Waals surface area contributed by atoms with Gasteiger partial charge in [-0.1, -0.05) is 11.6 Å². The quantitative estimate of drug-likeness (QED) is 0.586. The molecule has 0 saturated carbocycles. The molecule has 0 unspecified atom stereocenters. The van der Waals surface area contributed by atoms with E-state index in [9.17, 15) is 14.4 Å². The molecule has 0 aromatic heterocycles. The zero-order valence-electron chi connectivity index (χ0n) is 15.1. The van der Waals surface area contributed by atoms with Gasteiger partial charge in [-0.2, -0.15) is 0 Å². The average Bonchev–Trinajstić information content (AvgIpc) is 2.66. The monoisotopic (exact) mass is 406 g/mol. The first-order chi connectivity index (χ1) is 12.8. The number of nitrogens with zero attached hydrogens (tertiary/aromatic N) is 1. The summed E-state index contributed by atoms with van der Waals surface area (Å²) < 4.78 is 5.03. The highest BCUT2D eigenvalue weighted by atomic mass is 35.5. The predicted molar refractivity (Wildman–Crippen MR) is 107 cm³/mol. The van der Waals surface area contributed by atoms with Crippen molar-refractivity contribution in [2.45, 2.75) is 4.90 Å². The second kappa shape index (κ2) is 9.43. The molecule has 2 rings (SSSR count). The topological polar surface area (TPSA) is 75.7 Å². The zero-order chi connectivity index (χ0) is 20.0. The van der Waals surface area contributed by atoms with Gasteiger partial charge in [0.1, 0.15) is 0 Å². The Morgan fingerprint density at radius 1 is 1.11 bits per heavy atom. The van der Waals surface area contributed by atoms with Crippen LogP contribution < -0.4 is 5.32 Å². The van der Waals surface area contributed by atoms with Gasteiger partial charge in [0.25, 0.3) is 11.8 Å². The summed E-state index contributed by atoms with van der Waals surface area (Å²) in [6.45, 7) is -0.447. The van der Waals surface area contributed by atoms with Gasteiger partial charge in [-0.05, 0) is 48.7 Å². The fraction of sp³-hybridized carbons (Fsp3) is 0.211. The van der Waals surface area contributed by atoms with E-state index in [2.05, 4.69) is 5.32 Å². The fourth-order valence-corrected chi connectivity index (χ4v) is 2.78. The molecule has 8 heteroatoms. The minimum Gasteiger partial charge on any atom is -0.452 e. The molecule has 0 spiro atoms. The number of amides is 2. The van der Waals surface area contributed by atoms with E-state index in [4.69, 9.17) is 16.3 Å². The van der Waals surface area contributed by atoms with Crippen molar-refractivity contribution in [3.05, 3.63) is 58.6 Å². The summed E-state index contributed by atoms with van der Waals surface area (Å²) in [7, 11) is 3.32. The van der Waals surface area contributed by atoms with E-state index in [1.165, 1.54) is 16.7 Å². The summed E-state index contributed by atoms with van der Waals surface area (Å²) in [5, 5.41) is 2.87. The van der Waals surface area contributed by atoms with Crippen molar-refractivity contribution in [1.82, 2.24) is 4.90 Å². The number of ether oxygens (including phenoxy) is 1. The number of halogens is 1. The first-order valence-corrected chi connectivity index (χ1v) is 9.54. The Morgan fingerprint density at radius 2 is 1.78 bits per heavy atom. The Labute approximate surface area is 166 Å². The van der Waals surface area contributed by atoms with Crippen LogP contribution in [0.25, 0.3) is 0 Å². The van der Waals surface area contributed by atoms with Gasteiger partial charge in [0, 0.05) is 30.2 Å². The molecule has 0 aliphatic rings. The standard InChI is InChI=1S/C19H19ClN2O4S/c1-22(2)18(24)12-4-6-13(7-5-12)21-17(23)11-26-19(25)15-10-14(27-3)8-9-16(15)20/h4-10H,11H2,1-3H3,(H,21,23). The smallest absolute Gasteiger partial charge is 0.340 e. The van der Waals surface area contributed by atoms with Crippen molar-refractivity contribution in [3.63, 3.8) is 0 Å². The van der Waals surface area contributed by atoms with E-state index < -0.39 is 18.5 Å². The molecule has 1 N–H and O–H groups in total. The van der Waals surface area contributed by atoms with Gasteiger partial charge in [-0.3, -0.25) is 9.59 Å². The molecular formula is C19H19ClN2O4S. The Hall–Kier alpha value is -2.51. The van der Waals surface area contributed by atoms with Gasteiger partial charge in [-0.15, -0.1) is 11.8 Å². The summed E-state index contributed by atoms with van der Waals surface area (Å²) in [6.07, 6.45) is 1.88. The minimum absolute atomic E-state index is 0.133. The number of carbonyl (C=O) groups is 3. The first kappa shape index (κ1) is 20.8. The van der Waals surface area contributed by atoms with Gasteiger partial charge in [0.15, 0.2) is 6.61 Å². The van der Waals surface area contributed by atoms with Crippen molar-refractivity contribution in [2.24, 2.45) is 0 Å². The van der Waals surface area contributed by atoms with Gasteiger partial charge < -0.3 is 15.0 Å². The highest BCUT2D eigenvalue weighted by Gasteiger charge is 2.15. The predicted octanol–water partition coefficient (Wildman–Crippen LogP) is 3.56. The van der Waals surface area contributed by atoms with E-state index in [0.717, 1.165) is 4.90 Å². The largest absolute Gasteiger partial charge is 0.452 e. The summed E-state index contributed by atoms with van der Waals surface area (Å²) in [5.74, 6) is -1.30. The third-order valence-corrected chi connectivity index (χ3v) is 4.60. The molecule has 2 aromatic rings. The van der Waals surface area contributed by atoms with Crippen molar-refractivity contribution in [3.8, 4) is 0 Å². The first-order valence-electron chi connectivity index (χ1n) is 7.94. The number of hydrogen-bond acceptors (Lipinski definition) is 5. The van der Waals surface area contributed by atoms with E-state index in [1.807, 2.05) is 6.26 Å². The molecule has 0 aliphatic heterocycles. The van der Waals surface area contributed by atoms with Crippen molar-refractivity contribution in [2.75, 3.05) is 32.3 Å². The molecule has 0 saturated heterocycles. The van der Waals surface area contributed by atoms with Crippen LogP contribution in [-0.4, -0.2) is 49.6 Å². The number of benzene rings is 2. The van der Waals surface area contributed by atoms with Crippen molar-refractivity contribution < 1.29 is 19.1 Å². The third kappa shape index (κ3) is 5.74. The lowest BCUT2D eigenvalue weighted by molar-refractivity contribution is -0.119. The number of anilines is 1. The van der Waals surface area contributed by atoms with Crippen LogP contribution in [0.1, 0.15) is 20.7 Å². The SMILES string of the molecule is CSc1ccc(Cl)c(C(=O)OCC(=O)Nc2ccc(C(=O)N(C)C)cc2)c1. The fourth-order valence-electron chi connectivity index (χ4n) is 2.15. The Kier molecular flexibility index (Phi) is 7.27. The molecule has 6 nitrogen and oxygen atoms in total. The molecule has 27 heavy (non-hydrogen) atoms. The Bertz CT molecular complexity index is 853. The summed E-state index contributed by atoms with van der Waals surface area (Å²) in [4.78, 5) is 38.3. The average molecular weight is 407 g/mol. The van der Waals surface area contributed by atoms with E-state index in [1.54, 1.807) is 56.6 Å². The lowest BCUT2D eigenvalue weighted by Crippen LogP contribution is -2.22. The molecule has 2 amide bonds. The van der Waals surface area contributed by atoms with Crippen molar-refractivity contribution >= 4 is 46.8 Å². The molecule has 0 radical (unpaired) electrons. The summed E-state index contributed by atoms with van der Waals surface area (Å²) >= 11 is 7.48. The number of rotatable bonds is 6. The van der Waals surface area contributed by atoms with Crippen LogP contribution in [0.5, 0.6) is 0 Å². The Balaban J connectivity index is 1.92. The maximum atomic E-state index is 12.1. The number of carbonyl (C=O) groups excluding carboxylic acids is 3. The second-order valence-electron chi connectivity index (χ2n) is 5.75. The van der Waals surface area contributed by atoms with Crippen LogP contribution >= 0.6 is 23.4 Å². The Morgan fingerprint density at radius 3 is 2.37 bits per heavy atom. The van der Waals surface area contributed by atoms with Crippen LogP contribution in [0.3, 0.4) is 0 Å². The molecule has 0 atom stereocenters. The third-order valence-electron chi connectivity index (χ3n) is 3.55. The molecule has 0 fully saturated rings. The lowest BCUT2D eigenvalue weighted by Gasteiger charge is -2.11. The zero-order valence-corrected chi connectivity index (χ0v) is 16.7. The minimum atomic E-state index is -0.669.